The summed E-state index contributed by atoms with van der Waals surface area (Å²) in [6.45, 7) is 9.04. The molecule has 0 aliphatic carbocycles. The van der Waals surface area contributed by atoms with E-state index < -0.39 is 0 Å². The SMILES string of the molecule is Cc1ccc(OCc2nc3c(C)cccc3n2CCC(C)C(=O)N2CCC(c3ccccc3)CC2)cc1. The number of carbonyl (C=O) groups is 1. The van der Waals surface area contributed by atoms with Crippen molar-refractivity contribution in [3.63, 3.8) is 0 Å². The van der Waals surface area contributed by atoms with E-state index in [-0.39, 0.29) is 11.8 Å². The first-order valence-corrected chi connectivity index (χ1v) is 13.5. The molecular formula is C32H37N3O2. The summed E-state index contributed by atoms with van der Waals surface area (Å²) in [5.41, 5.74) is 5.86. The molecule has 1 aliphatic rings. The van der Waals surface area contributed by atoms with E-state index in [2.05, 4.69) is 90.9 Å². The maximum atomic E-state index is 13.3. The minimum Gasteiger partial charge on any atom is -0.486 e. The van der Waals surface area contributed by atoms with Crippen LogP contribution in [0.2, 0.25) is 0 Å². The van der Waals surface area contributed by atoms with Crippen molar-refractivity contribution in [2.75, 3.05) is 13.1 Å². The Hall–Kier alpha value is -3.60. The van der Waals surface area contributed by atoms with Gasteiger partial charge in [-0.2, -0.15) is 0 Å². The molecule has 1 saturated heterocycles. The predicted molar refractivity (Wildman–Crippen MR) is 149 cm³/mol. The third-order valence-corrected chi connectivity index (χ3v) is 7.73. The van der Waals surface area contributed by atoms with Crippen molar-refractivity contribution in [1.82, 2.24) is 14.5 Å². The van der Waals surface area contributed by atoms with Gasteiger partial charge in [0.1, 0.15) is 18.2 Å². The number of aromatic nitrogens is 2. The number of fused-ring (bicyclic) bond motifs is 1. The number of likely N-dealkylation sites (tertiary alicyclic amines) is 1. The minimum atomic E-state index is -0.0404. The lowest BCUT2D eigenvalue weighted by atomic mass is 9.89. The highest BCUT2D eigenvalue weighted by molar-refractivity contribution is 5.80. The Kier molecular flexibility index (Phi) is 7.59. The van der Waals surface area contributed by atoms with Crippen LogP contribution in [-0.2, 0) is 17.9 Å². The van der Waals surface area contributed by atoms with Gasteiger partial charge in [-0.25, -0.2) is 4.98 Å². The molecule has 5 heteroatoms. The number of nitrogens with zero attached hydrogens (tertiary/aromatic N) is 3. The summed E-state index contributed by atoms with van der Waals surface area (Å²) in [4.78, 5) is 20.3. The Labute approximate surface area is 220 Å². The highest BCUT2D eigenvalue weighted by Crippen LogP contribution is 2.29. The van der Waals surface area contributed by atoms with Gasteiger partial charge in [0.05, 0.1) is 11.0 Å². The number of hydrogen-bond acceptors (Lipinski definition) is 3. The van der Waals surface area contributed by atoms with Crippen LogP contribution in [0.4, 0.5) is 0 Å². The molecule has 1 atom stereocenters. The molecule has 5 rings (SSSR count). The molecule has 1 unspecified atom stereocenters. The lowest BCUT2D eigenvalue weighted by molar-refractivity contribution is -0.136. The fourth-order valence-electron chi connectivity index (χ4n) is 5.39. The number of amides is 1. The van der Waals surface area contributed by atoms with Crippen LogP contribution >= 0.6 is 0 Å². The van der Waals surface area contributed by atoms with Gasteiger partial charge in [-0.1, -0.05) is 67.1 Å². The zero-order valence-corrected chi connectivity index (χ0v) is 22.2. The molecule has 0 radical (unpaired) electrons. The average Bonchev–Trinajstić information content (AvgIpc) is 3.30. The lowest BCUT2D eigenvalue weighted by Gasteiger charge is -2.34. The smallest absolute Gasteiger partial charge is 0.225 e. The maximum absolute atomic E-state index is 13.3. The molecule has 1 aromatic heterocycles. The first-order chi connectivity index (χ1) is 18.0. The Morgan fingerprint density at radius 3 is 2.43 bits per heavy atom. The van der Waals surface area contributed by atoms with Gasteiger partial charge in [0, 0.05) is 25.6 Å². The van der Waals surface area contributed by atoms with Crippen molar-refractivity contribution >= 4 is 16.9 Å². The van der Waals surface area contributed by atoms with Crippen LogP contribution in [0.5, 0.6) is 5.75 Å². The average molecular weight is 496 g/mol. The molecule has 2 heterocycles. The van der Waals surface area contributed by atoms with E-state index in [0.717, 1.165) is 67.1 Å². The Morgan fingerprint density at radius 2 is 1.70 bits per heavy atom. The number of para-hydroxylation sites is 1. The number of carbonyl (C=O) groups excluding carboxylic acids is 1. The summed E-state index contributed by atoms with van der Waals surface area (Å²) in [5.74, 6) is 2.51. The molecule has 1 amide bonds. The summed E-state index contributed by atoms with van der Waals surface area (Å²) in [7, 11) is 0. The monoisotopic (exact) mass is 495 g/mol. The van der Waals surface area contributed by atoms with Gasteiger partial charge < -0.3 is 14.2 Å². The van der Waals surface area contributed by atoms with Gasteiger partial charge >= 0.3 is 0 Å². The van der Waals surface area contributed by atoms with E-state index in [4.69, 9.17) is 9.72 Å². The van der Waals surface area contributed by atoms with Crippen LogP contribution in [0.1, 0.15) is 54.6 Å². The zero-order valence-electron chi connectivity index (χ0n) is 22.2. The van der Waals surface area contributed by atoms with Gasteiger partial charge in [0.25, 0.3) is 0 Å². The van der Waals surface area contributed by atoms with Crippen LogP contribution in [0.25, 0.3) is 11.0 Å². The summed E-state index contributed by atoms with van der Waals surface area (Å²) < 4.78 is 8.33. The number of piperidine rings is 1. The van der Waals surface area contributed by atoms with Crippen molar-refractivity contribution in [1.29, 1.82) is 0 Å². The van der Waals surface area contributed by atoms with E-state index in [9.17, 15) is 4.79 Å². The van der Waals surface area contributed by atoms with Crippen molar-refractivity contribution in [2.45, 2.75) is 59.1 Å². The van der Waals surface area contributed by atoms with Crippen LogP contribution in [0.3, 0.4) is 0 Å². The van der Waals surface area contributed by atoms with Crippen LogP contribution in [0, 0.1) is 19.8 Å². The van der Waals surface area contributed by atoms with Crippen LogP contribution < -0.4 is 4.74 Å². The number of aryl methyl sites for hydroxylation is 3. The summed E-state index contributed by atoms with van der Waals surface area (Å²) in [6.07, 6.45) is 2.84. The number of rotatable bonds is 8. The molecule has 0 spiro atoms. The van der Waals surface area contributed by atoms with Crippen molar-refractivity contribution in [2.24, 2.45) is 5.92 Å². The molecule has 0 saturated carbocycles. The normalized spacial score (nSPS) is 15.2. The molecule has 37 heavy (non-hydrogen) atoms. The molecule has 1 aliphatic heterocycles. The van der Waals surface area contributed by atoms with Crippen LogP contribution in [-0.4, -0.2) is 33.4 Å². The Bertz CT molecular complexity index is 1340. The summed E-state index contributed by atoms with van der Waals surface area (Å²) >= 11 is 0. The third-order valence-electron chi connectivity index (χ3n) is 7.73. The van der Waals surface area contributed by atoms with Gasteiger partial charge in [-0.05, 0) is 68.4 Å². The number of hydrogen-bond donors (Lipinski definition) is 0. The second-order valence-electron chi connectivity index (χ2n) is 10.4. The largest absolute Gasteiger partial charge is 0.486 e. The third kappa shape index (κ3) is 5.71. The van der Waals surface area contributed by atoms with Crippen molar-refractivity contribution in [3.8, 4) is 5.75 Å². The molecular weight excluding hydrogens is 458 g/mol. The molecule has 0 N–H and O–H groups in total. The number of imidazole rings is 1. The van der Waals surface area contributed by atoms with Crippen molar-refractivity contribution in [3.05, 3.63) is 95.3 Å². The van der Waals surface area contributed by atoms with E-state index in [1.807, 2.05) is 12.1 Å². The quantitative estimate of drug-likeness (QED) is 0.274. The summed E-state index contributed by atoms with van der Waals surface area (Å²) in [6, 6.07) is 25.1. The van der Waals surface area contributed by atoms with E-state index >= 15 is 0 Å². The zero-order chi connectivity index (χ0) is 25.8. The highest BCUT2D eigenvalue weighted by atomic mass is 16.5. The molecule has 3 aromatic carbocycles. The molecule has 4 aromatic rings. The Balaban J connectivity index is 1.24. The highest BCUT2D eigenvalue weighted by Gasteiger charge is 2.27. The standard InChI is InChI=1S/C32H37N3O2/c1-23-12-14-28(15-13-23)37-22-30-33-31-24(2)8-7-11-29(31)35(30)21-16-25(3)32(36)34-19-17-27(18-20-34)26-9-5-4-6-10-26/h4-15,25,27H,16-22H2,1-3H3. The first-order valence-electron chi connectivity index (χ1n) is 13.5. The molecule has 0 bridgehead atoms. The second-order valence-corrected chi connectivity index (χ2v) is 10.4. The van der Waals surface area contributed by atoms with Gasteiger partial charge in [-0.3, -0.25) is 4.79 Å². The molecule has 5 nitrogen and oxygen atoms in total. The van der Waals surface area contributed by atoms with E-state index in [0.29, 0.717) is 12.5 Å². The summed E-state index contributed by atoms with van der Waals surface area (Å²) in [5, 5.41) is 0. The minimum absolute atomic E-state index is 0.0404. The number of ether oxygens (including phenoxy) is 1. The van der Waals surface area contributed by atoms with Crippen LogP contribution in [0.15, 0.2) is 72.8 Å². The topological polar surface area (TPSA) is 47.4 Å². The van der Waals surface area contributed by atoms with Crippen molar-refractivity contribution < 1.29 is 9.53 Å². The van der Waals surface area contributed by atoms with Gasteiger partial charge in [0.2, 0.25) is 5.91 Å². The maximum Gasteiger partial charge on any atom is 0.225 e. The fraction of sp³-hybridized carbons (Fsp3) is 0.375. The molecule has 1 fully saturated rings. The number of benzene rings is 3. The second kappa shape index (κ2) is 11.2. The first kappa shape index (κ1) is 25.1. The van der Waals surface area contributed by atoms with Gasteiger partial charge in [-0.15, -0.1) is 0 Å². The lowest BCUT2D eigenvalue weighted by Crippen LogP contribution is -2.41. The molecule has 192 valence electrons. The predicted octanol–water partition coefficient (Wildman–Crippen LogP) is 6.66. The van der Waals surface area contributed by atoms with E-state index in [1.54, 1.807) is 0 Å². The Morgan fingerprint density at radius 1 is 0.973 bits per heavy atom. The van der Waals surface area contributed by atoms with Gasteiger partial charge in [0.15, 0.2) is 0 Å². The fourth-order valence-corrected chi connectivity index (χ4v) is 5.39. The van der Waals surface area contributed by atoms with E-state index in [1.165, 1.54) is 11.1 Å².